The summed E-state index contributed by atoms with van der Waals surface area (Å²) in [5.74, 6) is -0.898. The Morgan fingerprint density at radius 2 is 0.700 bits per heavy atom. The molecule has 0 aromatic heterocycles. The van der Waals surface area contributed by atoms with Crippen LogP contribution in [0.3, 0.4) is 0 Å². The van der Waals surface area contributed by atoms with Gasteiger partial charge in [0, 0.05) is 19.3 Å². The molecule has 0 N–H and O–H groups in total. The average molecular weight is 705 g/mol. The fourth-order valence-electron chi connectivity index (χ4n) is 5.91. The second kappa shape index (κ2) is 39.7. The van der Waals surface area contributed by atoms with Crippen molar-refractivity contribution in [2.75, 3.05) is 13.2 Å². The van der Waals surface area contributed by atoms with E-state index in [4.69, 9.17) is 14.2 Å². The second-order valence-electron chi connectivity index (χ2n) is 14.3. The minimum atomic E-state index is -0.770. The molecule has 6 heteroatoms. The molecule has 292 valence electrons. The molecule has 0 aromatic carbocycles. The molecule has 0 fully saturated rings. The third kappa shape index (κ3) is 37.2. The van der Waals surface area contributed by atoms with Crippen LogP contribution in [0.5, 0.6) is 0 Å². The lowest BCUT2D eigenvalue weighted by Crippen LogP contribution is -2.30. The maximum absolute atomic E-state index is 12.6. The molecule has 1 atom stereocenters. The molecule has 0 heterocycles. The normalized spacial score (nSPS) is 12.1. The highest BCUT2D eigenvalue weighted by molar-refractivity contribution is 5.71. The highest BCUT2D eigenvalue weighted by Gasteiger charge is 2.19. The van der Waals surface area contributed by atoms with E-state index >= 15 is 0 Å². The van der Waals surface area contributed by atoms with Gasteiger partial charge >= 0.3 is 17.9 Å². The van der Waals surface area contributed by atoms with Crippen molar-refractivity contribution in [3.63, 3.8) is 0 Å². The Hall–Kier alpha value is -2.11. The summed E-state index contributed by atoms with van der Waals surface area (Å²) in [5, 5.41) is 0. The summed E-state index contributed by atoms with van der Waals surface area (Å²) in [4.78, 5) is 37.5. The van der Waals surface area contributed by atoms with Gasteiger partial charge in [0.2, 0.25) is 0 Å². The first-order valence-electron chi connectivity index (χ1n) is 21.3. The van der Waals surface area contributed by atoms with Gasteiger partial charge in [0.05, 0.1) is 0 Å². The number of rotatable bonds is 38. The fourth-order valence-corrected chi connectivity index (χ4v) is 5.91. The van der Waals surface area contributed by atoms with Crippen LogP contribution < -0.4 is 0 Å². The average Bonchev–Trinajstić information content (AvgIpc) is 3.11. The molecule has 0 rings (SSSR count). The predicted molar refractivity (Wildman–Crippen MR) is 210 cm³/mol. The van der Waals surface area contributed by atoms with Crippen LogP contribution in [-0.4, -0.2) is 37.2 Å². The van der Waals surface area contributed by atoms with Crippen LogP contribution in [0, 0.1) is 0 Å². The Labute approximate surface area is 309 Å². The molecule has 1 unspecified atom stereocenters. The van der Waals surface area contributed by atoms with E-state index in [1.165, 1.54) is 96.3 Å². The van der Waals surface area contributed by atoms with E-state index in [0.717, 1.165) is 83.5 Å². The van der Waals surface area contributed by atoms with Gasteiger partial charge in [0.15, 0.2) is 6.10 Å². The lowest BCUT2D eigenvalue weighted by atomic mass is 10.1. The molecule has 0 aliphatic rings. The van der Waals surface area contributed by atoms with Crippen molar-refractivity contribution >= 4 is 17.9 Å². The van der Waals surface area contributed by atoms with E-state index in [-0.39, 0.29) is 31.1 Å². The van der Waals surface area contributed by atoms with Crippen LogP contribution in [0.15, 0.2) is 24.3 Å². The number of allylic oxidation sites excluding steroid dienone is 4. The molecular formula is C44H80O6. The van der Waals surface area contributed by atoms with E-state index in [9.17, 15) is 14.4 Å². The Balaban J connectivity index is 4.36. The van der Waals surface area contributed by atoms with Crippen molar-refractivity contribution in [2.24, 2.45) is 0 Å². The van der Waals surface area contributed by atoms with Crippen molar-refractivity contribution in [1.82, 2.24) is 0 Å². The van der Waals surface area contributed by atoms with Crippen LogP contribution in [0.1, 0.15) is 220 Å². The lowest BCUT2D eigenvalue weighted by molar-refractivity contribution is -0.167. The predicted octanol–water partition coefficient (Wildman–Crippen LogP) is 13.2. The standard InChI is InChI=1S/C44H80O6/c1-4-7-10-13-16-19-21-22-23-26-28-31-34-37-43(46)49-40-41(39-48-42(45)36-33-30-27-24-18-15-12-9-6-3)50-44(47)38-35-32-29-25-20-17-14-11-8-5-2/h11,14,19,21,41H,4-10,12-13,15-18,20,22-40H2,1-3H3/b14-11-,21-19-. The zero-order chi connectivity index (χ0) is 36.6. The van der Waals surface area contributed by atoms with Crippen molar-refractivity contribution in [2.45, 2.75) is 226 Å². The van der Waals surface area contributed by atoms with Gasteiger partial charge in [-0.3, -0.25) is 14.4 Å². The molecule has 50 heavy (non-hydrogen) atoms. The van der Waals surface area contributed by atoms with Crippen molar-refractivity contribution < 1.29 is 28.6 Å². The Kier molecular flexibility index (Phi) is 38.0. The molecule has 0 aliphatic heterocycles. The highest BCUT2D eigenvalue weighted by atomic mass is 16.6. The quantitative estimate of drug-likeness (QED) is 0.0275. The first-order valence-corrected chi connectivity index (χ1v) is 21.3. The molecule has 0 aliphatic carbocycles. The van der Waals surface area contributed by atoms with Gasteiger partial charge in [-0.25, -0.2) is 0 Å². The minimum absolute atomic E-state index is 0.0754. The van der Waals surface area contributed by atoms with Crippen LogP contribution in [-0.2, 0) is 28.6 Å². The van der Waals surface area contributed by atoms with Gasteiger partial charge in [0.25, 0.3) is 0 Å². The van der Waals surface area contributed by atoms with Gasteiger partial charge < -0.3 is 14.2 Å². The number of ether oxygens (including phenoxy) is 3. The maximum atomic E-state index is 12.6. The van der Waals surface area contributed by atoms with E-state index in [0.29, 0.717) is 19.3 Å². The molecule has 0 spiro atoms. The first-order chi connectivity index (χ1) is 24.5. The van der Waals surface area contributed by atoms with Crippen molar-refractivity contribution in [3.8, 4) is 0 Å². The summed E-state index contributed by atoms with van der Waals surface area (Å²) in [5.41, 5.74) is 0. The Morgan fingerprint density at radius 1 is 0.380 bits per heavy atom. The molecule has 0 saturated heterocycles. The van der Waals surface area contributed by atoms with Gasteiger partial charge in [-0.05, 0) is 64.2 Å². The van der Waals surface area contributed by atoms with Crippen molar-refractivity contribution in [1.29, 1.82) is 0 Å². The van der Waals surface area contributed by atoms with Crippen LogP contribution in [0.25, 0.3) is 0 Å². The topological polar surface area (TPSA) is 78.9 Å². The monoisotopic (exact) mass is 705 g/mol. The number of esters is 3. The summed E-state index contributed by atoms with van der Waals surface area (Å²) >= 11 is 0. The van der Waals surface area contributed by atoms with Crippen molar-refractivity contribution in [3.05, 3.63) is 24.3 Å². The maximum Gasteiger partial charge on any atom is 0.306 e. The molecule has 0 aromatic rings. The highest BCUT2D eigenvalue weighted by Crippen LogP contribution is 2.13. The first kappa shape index (κ1) is 47.9. The summed E-state index contributed by atoms with van der Waals surface area (Å²) in [6.45, 7) is 6.51. The van der Waals surface area contributed by atoms with Gasteiger partial charge in [-0.15, -0.1) is 0 Å². The van der Waals surface area contributed by atoms with Gasteiger partial charge in [0.1, 0.15) is 13.2 Å². The second-order valence-corrected chi connectivity index (χ2v) is 14.3. The molecule has 0 bridgehead atoms. The SMILES string of the molecule is CCC/C=C\CCCCCCCC(=O)OC(COC(=O)CCCCCCC/C=C\CCCCCC)COC(=O)CCCCCCCCCCC. The van der Waals surface area contributed by atoms with Gasteiger partial charge in [-0.1, -0.05) is 161 Å². The summed E-state index contributed by atoms with van der Waals surface area (Å²) in [6, 6.07) is 0. The smallest absolute Gasteiger partial charge is 0.306 e. The number of carbonyl (C=O) groups is 3. The number of hydrogen-bond acceptors (Lipinski definition) is 6. The largest absolute Gasteiger partial charge is 0.462 e. The van der Waals surface area contributed by atoms with Gasteiger partial charge in [-0.2, -0.15) is 0 Å². The molecular weight excluding hydrogens is 624 g/mol. The fraction of sp³-hybridized carbons (Fsp3) is 0.841. The number of carbonyl (C=O) groups excluding carboxylic acids is 3. The van der Waals surface area contributed by atoms with Crippen LogP contribution in [0.4, 0.5) is 0 Å². The summed E-state index contributed by atoms with van der Waals surface area (Å²) < 4.78 is 16.6. The van der Waals surface area contributed by atoms with E-state index < -0.39 is 6.10 Å². The Morgan fingerprint density at radius 3 is 1.10 bits per heavy atom. The van der Waals surface area contributed by atoms with E-state index in [1.54, 1.807) is 0 Å². The molecule has 0 amide bonds. The van der Waals surface area contributed by atoms with E-state index in [2.05, 4.69) is 45.1 Å². The third-order valence-electron chi connectivity index (χ3n) is 9.16. The van der Waals surface area contributed by atoms with Crippen LogP contribution in [0.2, 0.25) is 0 Å². The lowest BCUT2D eigenvalue weighted by Gasteiger charge is -2.18. The summed E-state index contributed by atoms with van der Waals surface area (Å²) in [6.07, 6.45) is 41.6. The molecule has 0 radical (unpaired) electrons. The number of hydrogen-bond donors (Lipinski definition) is 0. The third-order valence-corrected chi connectivity index (χ3v) is 9.16. The zero-order valence-electron chi connectivity index (χ0n) is 33.2. The molecule has 6 nitrogen and oxygen atoms in total. The summed E-state index contributed by atoms with van der Waals surface area (Å²) in [7, 11) is 0. The Bertz CT molecular complexity index is 819. The number of unbranched alkanes of at least 4 members (excludes halogenated alkanes) is 23. The van der Waals surface area contributed by atoms with E-state index in [1.807, 2.05) is 0 Å². The zero-order valence-corrected chi connectivity index (χ0v) is 33.2. The van der Waals surface area contributed by atoms with Crippen LogP contribution >= 0.6 is 0 Å². The molecule has 0 saturated carbocycles. The minimum Gasteiger partial charge on any atom is -0.462 e.